The van der Waals surface area contributed by atoms with Gasteiger partial charge in [-0.15, -0.1) is 0 Å². The molecule has 1 amide bonds. The monoisotopic (exact) mass is 367 g/mol. The Morgan fingerprint density at radius 1 is 1.26 bits per heavy atom. The molecule has 2 fully saturated rings. The number of amides is 1. The second kappa shape index (κ2) is 8.26. The lowest BCUT2D eigenvalue weighted by Crippen LogP contribution is -2.44. The van der Waals surface area contributed by atoms with Gasteiger partial charge in [0.2, 0.25) is 5.91 Å². The van der Waals surface area contributed by atoms with E-state index in [4.69, 9.17) is 4.52 Å². The van der Waals surface area contributed by atoms with Crippen molar-refractivity contribution in [2.75, 3.05) is 13.6 Å². The van der Waals surface area contributed by atoms with Crippen LogP contribution in [0.15, 0.2) is 40.9 Å². The van der Waals surface area contributed by atoms with Gasteiger partial charge in [0.25, 0.3) is 0 Å². The summed E-state index contributed by atoms with van der Waals surface area (Å²) in [6.45, 7) is 0.744. The summed E-state index contributed by atoms with van der Waals surface area (Å²) in [5.74, 6) is 1.82. The van der Waals surface area contributed by atoms with Gasteiger partial charge in [-0.05, 0) is 31.6 Å². The minimum Gasteiger partial charge on any atom is -0.361 e. The molecule has 5 nitrogen and oxygen atoms in total. The number of rotatable bonds is 6. The molecular weight excluding hydrogens is 338 g/mol. The molecule has 27 heavy (non-hydrogen) atoms. The number of nitrogens with one attached hydrogen (secondary N) is 1. The first-order chi connectivity index (χ1) is 13.2. The molecule has 0 spiro atoms. The Labute approximate surface area is 161 Å². The summed E-state index contributed by atoms with van der Waals surface area (Å²) in [5.41, 5.74) is 1.93. The van der Waals surface area contributed by atoms with Crippen molar-refractivity contribution in [2.24, 2.45) is 5.92 Å². The van der Waals surface area contributed by atoms with Crippen molar-refractivity contribution >= 4 is 5.91 Å². The predicted octanol–water partition coefficient (Wildman–Crippen LogP) is 3.65. The third-order valence-corrected chi connectivity index (χ3v) is 6.08. The lowest BCUT2D eigenvalue weighted by atomic mass is 9.85. The molecule has 2 heterocycles. The Morgan fingerprint density at radius 2 is 2.07 bits per heavy atom. The topological polar surface area (TPSA) is 58.4 Å². The quantitative estimate of drug-likeness (QED) is 0.847. The number of nitrogens with zero attached hydrogens (tertiary/aromatic N) is 2. The van der Waals surface area contributed by atoms with Crippen LogP contribution < -0.4 is 5.32 Å². The fourth-order valence-electron chi connectivity index (χ4n) is 4.55. The average Bonchev–Trinajstić information content (AvgIpc) is 3.35. The van der Waals surface area contributed by atoms with Gasteiger partial charge in [-0.1, -0.05) is 48.3 Å². The van der Waals surface area contributed by atoms with Crippen LogP contribution in [0.3, 0.4) is 0 Å². The van der Waals surface area contributed by atoms with Crippen molar-refractivity contribution in [2.45, 2.75) is 57.0 Å². The van der Waals surface area contributed by atoms with E-state index in [0.29, 0.717) is 12.0 Å². The molecule has 3 unspecified atom stereocenters. The van der Waals surface area contributed by atoms with Gasteiger partial charge in [-0.2, -0.15) is 0 Å². The zero-order chi connectivity index (χ0) is 18.6. The number of carbonyl (C=O) groups excluding carboxylic acids is 1. The number of likely N-dealkylation sites (N-methyl/N-ethyl adjacent to an activating group) is 1. The number of aromatic nitrogens is 1. The number of hydrogen-bond donors (Lipinski definition) is 1. The van der Waals surface area contributed by atoms with E-state index >= 15 is 0 Å². The summed E-state index contributed by atoms with van der Waals surface area (Å²) < 4.78 is 5.46. The highest BCUT2D eigenvalue weighted by atomic mass is 16.5. The van der Waals surface area contributed by atoms with Crippen molar-refractivity contribution in [1.29, 1.82) is 0 Å². The van der Waals surface area contributed by atoms with Crippen LogP contribution in [-0.2, 0) is 11.2 Å². The SMILES string of the molecule is CN(CCCc1cc(-c2ccccc2)no1)C(=O)C1CC2CCCCC2N1. The van der Waals surface area contributed by atoms with Crippen LogP contribution in [0.25, 0.3) is 11.3 Å². The van der Waals surface area contributed by atoms with Gasteiger partial charge >= 0.3 is 0 Å². The Bertz CT molecular complexity index is 744. The summed E-state index contributed by atoms with van der Waals surface area (Å²) in [4.78, 5) is 14.6. The molecule has 1 saturated heterocycles. The van der Waals surface area contributed by atoms with Gasteiger partial charge in [-0.25, -0.2) is 0 Å². The largest absolute Gasteiger partial charge is 0.361 e. The standard InChI is InChI=1S/C22H29N3O2/c1-25(22(26)21-14-17-10-5-6-12-19(17)23-21)13-7-11-18-15-20(24-27-18)16-8-3-2-4-9-16/h2-4,8-9,15,17,19,21,23H,5-7,10-14H2,1H3. The number of fused-ring (bicyclic) bond motifs is 1. The second-order valence-corrected chi connectivity index (χ2v) is 8.01. The Hall–Kier alpha value is -2.14. The summed E-state index contributed by atoms with van der Waals surface area (Å²) in [5, 5.41) is 7.74. The lowest BCUT2D eigenvalue weighted by Gasteiger charge is -2.24. The summed E-state index contributed by atoms with van der Waals surface area (Å²) in [6.07, 6.45) is 7.81. The molecule has 1 saturated carbocycles. The average molecular weight is 367 g/mol. The summed E-state index contributed by atoms with van der Waals surface area (Å²) >= 11 is 0. The lowest BCUT2D eigenvalue weighted by molar-refractivity contribution is -0.131. The highest BCUT2D eigenvalue weighted by Gasteiger charge is 2.38. The second-order valence-electron chi connectivity index (χ2n) is 8.01. The zero-order valence-electron chi connectivity index (χ0n) is 16.1. The molecule has 0 radical (unpaired) electrons. The molecule has 2 aliphatic rings. The highest BCUT2D eigenvalue weighted by Crippen LogP contribution is 2.33. The summed E-state index contributed by atoms with van der Waals surface area (Å²) in [7, 11) is 1.92. The van der Waals surface area contributed by atoms with E-state index in [1.54, 1.807) is 0 Å². The Morgan fingerprint density at radius 3 is 2.89 bits per heavy atom. The molecule has 1 N–H and O–H groups in total. The number of carbonyl (C=O) groups is 1. The molecule has 144 valence electrons. The van der Waals surface area contributed by atoms with E-state index < -0.39 is 0 Å². The maximum Gasteiger partial charge on any atom is 0.239 e. The molecule has 1 aliphatic carbocycles. The third kappa shape index (κ3) is 4.24. The van der Waals surface area contributed by atoms with Crippen molar-refractivity contribution in [3.8, 4) is 11.3 Å². The molecule has 4 rings (SSSR count). The zero-order valence-corrected chi connectivity index (χ0v) is 16.1. The van der Waals surface area contributed by atoms with Crippen molar-refractivity contribution in [3.05, 3.63) is 42.2 Å². The van der Waals surface area contributed by atoms with Crippen LogP contribution in [-0.4, -0.2) is 41.6 Å². The smallest absolute Gasteiger partial charge is 0.239 e. The van der Waals surface area contributed by atoms with Gasteiger partial charge in [0.15, 0.2) is 0 Å². The molecule has 5 heteroatoms. The van der Waals surface area contributed by atoms with Gasteiger partial charge in [-0.3, -0.25) is 4.79 Å². The van der Waals surface area contributed by atoms with E-state index in [-0.39, 0.29) is 11.9 Å². The van der Waals surface area contributed by atoms with Crippen LogP contribution in [0.2, 0.25) is 0 Å². The molecule has 3 atom stereocenters. The van der Waals surface area contributed by atoms with Crippen LogP contribution >= 0.6 is 0 Å². The fraction of sp³-hybridized carbons (Fsp3) is 0.545. The van der Waals surface area contributed by atoms with Crippen molar-refractivity contribution in [1.82, 2.24) is 15.4 Å². The molecule has 1 aliphatic heterocycles. The molecule has 0 bridgehead atoms. The number of aryl methyl sites for hydroxylation is 1. The van der Waals surface area contributed by atoms with Crippen molar-refractivity contribution in [3.63, 3.8) is 0 Å². The first kappa shape index (κ1) is 18.2. The highest BCUT2D eigenvalue weighted by molar-refractivity contribution is 5.82. The van der Waals surface area contributed by atoms with Crippen LogP contribution in [0.4, 0.5) is 0 Å². The van der Waals surface area contributed by atoms with Crippen LogP contribution in [0, 0.1) is 5.92 Å². The third-order valence-electron chi connectivity index (χ3n) is 6.08. The molecule has 1 aromatic carbocycles. The maximum absolute atomic E-state index is 12.7. The van der Waals surface area contributed by atoms with E-state index in [1.807, 2.05) is 48.3 Å². The minimum absolute atomic E-state index is 0.0121. The van der Waals surface area contributed by atoms with Gasteiger partial charge < -0.3 is 14.7 Å². The van der Waals surface area contributed by atoms with Crippen LogP contribution in [0.5, 0.6) is 0 Å². The first-order valence-electron chi connectivity index (χ1n) is 10.2. The first-order valence-corrected chi connectivity index (χ1v) is 10.2. The Balaban J connectivity index is 1.24. The fourth-order valence-corrected chi connectivity index (χ4v) is 4.55. The van der Waals surface area contributed by atoms with E-state index in [0.717, 1.165) is 42.8 Å². The number of benzene rings is 1. The maximum atomic E-state index is 12.7. The molecule has 2 aromatic rings. The van der Waals surface area contributed by atoms with E-state index in [1.165, 1.54) is 25.7 Å². The van der Waals surface area contributed by atoms with Gasteiger partial charge in [0.1, 0.15) is 11.5 Å². The minimum atomic E-state index is 0.0121. The van der Waals surface area contributed by atoms with Crippen molar-refractivity contribution < 1.29 is 9.32 Å². The molecular formula is C22H29N3O2. The van der Waals surface area contributed by atoms with Gasteiger partial charge in [0.05, 0.1) is 6.04 Å². The molecule has 1 aromatic heterocycles. The van der Waals surface area contributed by atoms with E-state index in [9.17, 15) is 4.79 Å². The van der Waals surface area contributed by atoms with E-state index in [2.05, 4.69) is 10.5 Å². The van der Waals surface area contributed by atoms with Gasteiger partial charge in [0, 0.05) is 37.7 Å². The summed E-state index contributed by atoms with van der Waals surface area (Å²) in [6, 6.07) is 12.6. The van der Waals surface area contributed by atoms with Crippen LogP contribution in [0.1, 0.15) is 44.3 Å². The normalized spacial score (nSPS) is 24.6. The predicted molar refractivity (Wildman–Crippen MR) is 105 cm³/mol. The Kier molecular flexibility index (Phi) is 5.58. The number of hydrogen-bond acceptors (Lipinski definition) is 4.